The molecule has 0 aliphatic carbocycles. The van der Waals surface area contributed by atoms with E-state index < -0.39 is 17.5 Å². The molecule has 2 aromatic rings. The Labute approximate surface area is 184 Å². The Bertz CT molecular complexity index is 1010. The van der Waals surface area contributed by atoms with Crippen LogP contribution in [0.3, 0.4) is 0 Å². The van der Waals surface area contributed by atoms with Crippen molar-refractivity contribution in [2.24, 2.45) is 0 Å². The van der Waals surface area contributed by atoms with Crippen LogP contribution in [0.1, 0.15) is 24.3 Å². The molecule has 9 heteroatoms. The lowest BCUT2D eigenvalue weighted by Gasteiger charge is -2.19. The van der Waals surface area contributed by atoms with E-state index in [1.54, 1.807) is 13.2 Å². The first-order valence-corrected chi connectivity index (χ1v) is 10.4. The lowest BCUT2D eigenvalue weighted by Crippen LogP contribution is -2.34. The summed E-state index contributed by atoms with van der Waals surface area (Å²) in [7, 11) is 1.56. The lowest BCUT2D eigenvalue weighted by atomic mass is 9.98. The molecule has 2 aromatic carbocycles. The van der Waals surface area contributed by atoms with Crippen LogP contribution in [0, 0.1) is 11.6 Å². The Balaban J connectivity index is 1.41. The summed E-state index contributed by atoms with van der Waals surface area (Å²) in [6, 6.07) is 9.06. The third kappa shape index (κ3) is 4.83. The summed E-state index contributed by atoms with van der Waals surface area (Å²) in [6.45, 7) is 1.25. The molecule has 0 aromatic heterocycles. The smallest absolute Gasteiger partial charge is 0.244 e. The number of rotatable bonds is 7. The zero-order chi connectivity index (χ0) is 22.7. The first kappa shape index (κ1) is 22.0. The van der Waals surface area contributed by atoms with Crippen molar-refractivity contribution in [2.45, 2.75) is 24.9 Å². The maximum atomic E-state index is 13.8. The number of hydrogen-bond acceptors (Lipinski definition) is 5. The van der Waals surface area contributed by atoms with Gasteiger partial charge in [0, 0.05) is 25.3 Å². The van der Waals surface area contributed by atoms with Gasteiger partial charge in [0.05, 0.1) is 32.6 Å². The van der Waals surface area contributed by atoms with Crippen LogP contribution in [0.5, 0.6) is 11.5 Å². The van der Waals surface area contributed by atoms with Gasteiger partial charge in [0.25, 0.3) is 0 Å². The van der Waals surface area contributed by atoms with Crippen LogP contribution in [0.2, 0.25) is 0 Å². The summed E-state index contributed by atoms with van der Waals surface area (Å²) >= 11 is 0. The van der Waals surface area contributed by atoms with Crippen LogP contribution in [-0.4, -0.2) is 56.2 Å². The monoisotopic (exact) mass is 446 g/mol. The number of halogens is 2. The molecule has 2 atom stereocenters. The Morgan fingerprint density at radius 2 is 2.09 bits per heavy atom. The van der Waals surface area contributed by atoms with Gasteiger partial charge in [-0.05, 0) is 29.8 Å². The maximum Gasteiger partial charge on any atom is 0.244 e. The molecule has 2 fully saturated rings. The molecule has 2 saturated heterocycles. The van der Waals surface area contributed by atoms with Crippen molar-refractivity contribution in [3.05, 3.63) is 53.6 Å². The zero-order valence-corrected chi connectivity index (χ0v) is 17.6. The minimum absolute atomic E-state index is 0.0484. The van der Waals surface area contributed by atoms with Crippen molar-refractivity contribution in [3.8, 4) is 11.5 Å². The number of anilines is 1. The summed E-state index contributed by atoms with van der Waals surface area (Å²) in [6.07, 6.45) is 0.983. The van der Waals surface area contributed by atoms with Gasteiger partial charge in [-0.2, -0.15) is 0 Å². The third-order valence-corrected chi connectivity index (χ3v) is 5.62. The second kappa shape index (κ2) is 9.52. The molecule has 2 amide bonds. The van der Waals surface area contributed by atoms with Crippen molar-refractivity contribution in [1.29, 1.82) is 0 Å². The standard InChI is InChI=1S/C23H24F2N2O5/c1-30-19-6-5-14(9-20(19)32-16-7-8-31-13-16)15-10-22(29)27(11-15)12-21(28)26-18-4-2-3-17(24)23(18)25/h2-6,9,15-16H,7-8,10-13H2,1H3,(H,26,28)/t15?,16-/m1/s1. The van der Waals surface area contributed by atoms with Gasteiger partial charge in [0.15, 0.2) is 23.1 Å². The van der Waals surface area contributed by atoms with Crippen molar-refractivity contribution < 1.29 is 32.6 Å². The molecule has 1 unspecified atom stereocenters. The highest BCUT2D eigenvalue weighted by molar-refractivity contribution is 5.95. The molecule has 7 nitrogen and oxygen atoms in total. The van der Waals surface area contributed by atoms with Crippen molar-refractivity contribution in [3.63, 3.8) is 0 Å². The molecule has 0 radical (unpaired) electrons. The van der Waals surface area contributed by atoms with E-state index in [-0.39, 0.29) is 36.6 Å². The highest BCUT2D eigenvalue weighted by Gasteiger charge is 2.32. The maximum absolute atomic E-state index is 13.8. The van der Waals surface area contributed by atoms with Crippen molar-refractivity contribution in [2.75, 3.05) is 38.7 Å². The highest BCUT2D eigenvalue weighted by atomic mass is 19.2. The van der Waals surface area contributed by atoms with Crippen LogP contribution in [-0.2, 0) is 14.3 Å². The van der Waals surface area contributed by atoms with E-state index in [4.69, 9.17) is 14.2 Å². The Morgan fingerprint density at radius 1 is 1.25 bits per heavy atom. The summed E-state index contributed by atoms with van der Waals surface area (Å²) in [4.78, 5) is 26.2. The number of nitrogens with one attached hydrogen (secondary N) is 1. The van der Waals surface area contributed by atoms with E-state index in [0.29, 0.717) is 31.3 Å². The number of benzene rings is 2. The fourth-order valence-corrected chi connectivity index (χ4v) is 3.94. The third-order valence-electron chi connectivity index (χ3n) is 5.62. The van der Waals surface area contributed by atoms with Gasteiger partial charge < -0.3 is 24.4 Å². The number of likely N-dealkylation sites (tertiary alicyclic amines) is 1. The molecule has 32 heavy (non-hydrogen) atoms. The molecule has 0 saturated carbocycles. The van der Waals surface area contributed by atoms with Crippen LogP contribution in [0.25, 0.3) is 0 Å². The van der Waals surface area contributed by atoms with Gasteiger partial charge in [0.1, 0.15) is 6.10 Å². The second-order valence-electron chi connectivity index (χ2n) is 7.84. The minimum Gasteiger partial charge on any atom is -0.493 e. The minimum atomic E-state index is -1.13. The molecule has 2 aliphatic heterocycles. The van der Waals surface area contributed by atoms with Crippen molar-refractivity contribution in [1.82, 2.24) is 4.90 Å². The SMILES string of the molecule is COc1ccc(C2CC(=O)N(CC(=O)Nc3cccc(F)c3F)C2)cc1O[C@@H]1CCOC1. The summed E-state index contributed by atoms with van der Waals surface area (Å²) in [5.41, 5.74) is 0.637. The first-order valence-electron chi connectivity index (χ1n) is 10.4. The number of hydrogen-bond donors (Lipinski definition) is 1. The first-order chi connectivity index (χ1) is 15.4. The topological polar surface area (TPSA) is 77.1 Å². The van der Waals surface area contributed by atoms with Gasteiger partial charge in [-0.15, -0.1) is 0 Å². The van der Waals surface area contributed by atoms with Crippen LogP contribution in [0.15, 0.2) is 36.4 Å². The van der Waals surface area contributed by atoms with Crippen molar-refractivity contribution >= 4 is 17.5 Å². The molecule has 2 heterocycles. The van der Waals surface area contributed by atoms with Crippen LogP contribution < -0.4 is 14.8 Å². The highest BCUT2D eigenvalue weighted by Crippen LogP contribution is 2.36. The normalized spacial score (nSPS) is 20.5. The van der Waals surface area contributed by atoms with E-state index >= 15 is 0 Å². The van der Waals surface area contributed by atoms with Gasteiger partial charge in [0.2, 0.25) is 11.8 Å². The van der Waals surface area contributed by atoms with E-state index in [0.717, 1.165) is 18.1 Å². The van der Waals surface area contributed by atoms with Gasteiger partial charge >= 0.3 is 0 Å². The summed E-state index contributed by atoms with van der Waals surface area (Å²) < 4.78 is 43.9. The van der Waals surface area contributed by atoms with E-state index in [1.807, 2.05) is 12.1 Å². The molecule has 4 rings (SSSR count). The number of ether oxygens (including phenoxy) is 3. The van der Waals surface area contributed by atoms with E-state index in [2.05, 4.69) is 5.32 Å². The van der Waals surface area contributed by atoms with Crippen LogP contribution in [0.4, 0.5) is 14.5 Å². The predicted molar refractivity (Wildman–Crippen MR) is 112 cm³/mol. The lowest BCUT2D eigenvalue weighted by molar-refractivity contribution is -0.131. The molecule has 1 N–H and O–H groups in total. The Morgan fingerprint density at radius 3 is 2.84 bits per heavy atom. The Kier molecular flexibility index (Phi) is 6.55. The largest absolute Gasteiger partial charge is 0.493 e. The molecule has 0 bridgehead atoms. The number of nitrogens with zero attached hydrogens (tertiary/aromatic N) is 1. The zero-order valence-electron chi connectivity index (χ0n) is 17.6. The number of amides is 2. The average molecular weight is 446 g/mol. The molecular formula is C23H24F2N2O5. The quantitative estimate of drug-likeness (QED) is 0.707. The number of methoxy groups -OCH3 is 1. The Hall–Kier alpha value is -3.20. The molecule has 2 aliphatic rings. The summed E-state index contributed by atoms with van der Waals surface area (Å²) in [5.74, 6) is -1.92. The number of carbonyl (C=O) groups is 2. The number of carbonyl (C=O) groups excluding carboxylic acids is 2. The van der Waals surface area contributed by atoms with Gasteiger partial charge in [-0.3, -0.25) is 9.59 Å². The van der Waals surface area contributed by atoms with E-state index in [1.165, 1.54) is 17.0 Å². The average Bonchev–Trinajstić information content (AvgIpc) is 3.41. The predicted octanol–water partition coefficient (Wildman–Crippen LogP) is 3.10. The van der Waals surface area contributed by atoms with Gasteiger partial charge in [-0.25, -0.2) is 8.78 Å². The molecular weight excluding hydrogens is 422 g/mol. The molecule has 0 spiro atoms. The molecule has 170 valence electrons. The summed E-state index contributed by atoms with van der Waals surface area (Å²) in [5, 5.41) is 2.32. The second-order valence-corrected chi connectivity index (χ2v) is 7.84. The van der Waals surface area contributed by atoms with E-state index in [9.17, 15) is 18.4 Å². The fraction of sp³-hybridized carbons (Fsp3) is 0.391. The van der Waals surface area contributed by atoms with Gasteiger partial charge in [-0.1, -0.05) is 12.1 Å². The van der Waals surface area contributed by atoms with Crippen LogP contribution >= 0.6 is 0 Å². The fourth-order valence-electron chi connectivity index (χ4n) is 3.94.